The third kappa shape index (κ3) is 4.88. The molecule has 0 fully saturated rings. The quantitative estimate of drug-likeness (QED) is 0.677. The van der Waals surface area contributed by atoms with Gasteiger partial charge in [0.2, 0.25) is 5.91 Å². The van der Waals surface area contributed by atoms with E-state index in [1.807, 2.05) is 18.9 Å². The van der Waals surface area contributed by atoms with Crippen LogP contribution >= 0.6 is 0 Å². The van der Waals surface area contributed by atoms with Crippen LogP contribution < -0.4 is 5.32 Å². The zero-order valence-corrected chi connectivity index (χ0v) is 9.26. The van der Waals surface area contributed by atoms with Crippen LogP contribution in [0, 0.1) is 0 Å². The molecule has 0 saturated heterocycles. The molecule has 0 radical (unpaired) electrons. The molecule has 0 atom stereocenters. The summed E-state index contributed by atoms with van der Waals surface area (Å²) in [6.45, 7) is 7.83. The molecule has 0 aromatic rings. The molecule has 0 aliphatic rings. The van der Waals surface area contributed by atoms with Crippen molar-refractivity contribution in [2.24, 2.45) is 0 Å². The third-order valence-electron chi connectivity index (χ3n) is 2.01. The van der Waals surface area contributed by atoms with Gasteiger partial charge in [0.05, 0.1) is 0 Å². The SMILES string of the molecule is CCCC(=O)N(CCNC)C(C)C. The molecule has 0 saturated carbocycles. The smallest absolute Gasteiger partial charge is 0.222 e. The van der Waals surface area contributed by atoms with Crippen LogP contribution in [0.4, 0.5) is 0 Å². The second-order valence-electron chi connectivity index (χ2n) is 3.53. The molecule has 0 aromatic heterocycles. The summed E-state index contributed by atoms with van der Waals surface area (Å²) in [6.07, 6.45) is 1.60. The molecule has 0 heterocycles. The maximum absolute atomic E-state index is 11.6. The van der Waals surface area contributed by atoms with E-state index in [1.54, 1.807) is 0 Å². The van der Waals surface area contributed by atoms with E-state index in [0.29, 0.717) is 12.5 Å². The molecule has 0 aliphatic heterocycles. The Morgan fingerprint density at radius 1 is 1.46 bits per heavy atom. The first-order valence-corrected chi connectivity index (χ1v) is 5.07. The Kier molecular flexibility index (Phi) is 6.59. The molecule has 3 nitrogen and oxygen atoms in total. The average molecular weight is 186 g/mol. The Balaban J connectivity index is 3.99. The Bertz CT molecular complexity index is 146. The molecule has 0 unspecified atom stereocenters. The van der Waals surface area contributed by atoms with E-state index in [4.69, 9.17) is 0 Å². The lowest BCUT2D eigenvalue weighted by atomic mass is 10.2. The molecule has 1 amide bonds. The fourth-order valence-corrected chi connectivity index (χ4v) is 1.26. The highest BCUT2D eigenvalue weighted by molar-refractivity contribution is 5.76. The minimum atomic E-state index is 0.271. The van der Waals surface area contributed by atoms with Crippen molar-refractivity contribution in [3.05, 3.63) is 0 Å². The van der Waals surface area contributed by atoms with Crippen LogP contribution in [-0.2, 0) is 4.79 Å². The largest absolute Gasteiger partial charge is 0.339 e. The lowest BCUT2D eigenvalue weighted by Crippen LogP contribution is -2.40. The number of amides is 1. The monoisotopic (exact) mass is 186 g/mol. The summed E-state index contributed by atoms with van der Waals surface area (Å²) in [5, 5.41) is 3.06. The van der Waals surface area contributed by atoms with Gasteiger partial charge in [-0.1, -0.05) is 6.92 Å². The highest BCUT2D eigenvalue weighted by Gasteiger charge is 2.14. The van der Waals surface area contributed by atoms with Crippen LogP contribution in [-0.4, -0.2) is 37.0 Å². The minimum Gasteiger partial charge on any atom is -0.339 e. The van der Waals surface area contributed by atoms with E-state index in [0.717, 1.165) is 19.5 Å². The second-order valence-corrected chi connectivity index (χ2v) is 3.53. The predicted octanol–water partition coefficient (Wildman–Crippen LogP) is 1.24. The van der Waals surface area contributed by atoms with Crippen molar-refractivity contribution in [3.8, 4) is 0 Å². The third-order valence-corrected chi connectivity index (χ3v) is 2.01. The van der Waals surface area contributed by atoms with Gasteiger partial charge in [0.25, 0.3) is 0 Å². The first-order valence-electron chi connectivity index (χ1n) is 5.07. The predicted molar refractivity (Wildman–Crippen MR) is 55.7 cm³/mol. The zero-order chi connectivity index (χ0) is 10.3. The summed E-state index contributed by atoms with van der Waals surface area (Å²) in [6, 6.07) is 0.312. The molecule has 0 spiro atoms. The summed E-state index contributed by atoms with van der Waals surface area (Å²) >= 11 is 0. The molecule has 0 aliphatic carbocycles. The average Bonchev–Trinajstić information content (AvgIpc) is 2.05. The van der Waals surface area contributed by atoms with E-state index < -0.39 is 0 Å². The molecule has 78 valence electrons. The van der Waals surface area contributed by atoms with Gasteiger partial charge in [-0.2, -0.15) is 0 Å². The highest BCUT2D eigenvalue weighted by atomic mass is 16.2. The van der Waals surface area contributed by atoms with Crippen LogP contribution in [0.3, 0.4) is 0 Å². The number of rotatable bonds is 6. The van der Waals surface area contributed by atoms with Crippen LogP contribution in [0.2, 0.25) is 0 Å². The molecular formula is C10H22N2O. The van der Waals surface area contributed by atoms with Crippen molar-refractivity contribution >= 4 is 5.91 Å². The maximum atomic E-state index is 11.6. The number of carbonyl (C=O) groups excluding carboxylic acids is 1. The molecule has 0 rings (SSSR count). The first kappa shape index (κ1) is 12.4. The van der Waals surface area contributed by atoms with E-state index in [-0.39, 0.29) is 5.91 Å². The van der Waals surface area contributed by atoms with Crippen LogP contribution in [0.15, 0.2) is 0 Å². The molecule has 0 bridgehead atoms. The van der Waals surface area contributed by atoms with E-state index in [1.165, 1.54) is 0 Å². The summed E-state index contributed by atoms with van der Waals surface area (Å²) < 4.78 is 0. The van der Waals surface area contributed by atoms with Gasteiger partial charge in [-0.25, -0.2) is 0 Å². The van der Waals surface area contributed by atoms with Gasteiger partial charge in [-0.05, 0) is 27.3 Å². The molecule has 13 heavy (non-hydrogen) atoms. The van der Waals surface area contributed by atoms with Gasteiger partial charge >= 0.3 is 0 Å². The first-order chi connectivity index (χ1) is 6.13. The summed E-state index contributed by atoms with van der Waals surface area (Å²) in [4.78, 5) is 13.5. The number of nitrogens with zero attached hydrogens (tertiary/aromatic N) is 1. The molecule has 0 aromatic carbocycles. The van der Waals surface area contributed by atoms with Gasteiger partial charge in [-0.3, -0.25) is 4.79 Å². The number of carbonyl (C=O) groups is 1. The maximum Gasteiger partial charge on any atom is 0.222 e. The number of likely N-dealkylation sites (N-methyl/N-ethyl adjacent to an activating group) is 1. The minimum absolute atomic E-state index is 0.271. The van der Waals surface area contributed by atoms with Crippen molar-refractivity contribution in [1.29, 1.82) is 0 Å². The summed E-state index contributed by atoms with van der Waals surface area (Å²) in [5.74, 6) is 0.271. The van der Waals surface area contributed by atoms with E-state index in [2.05, 4.69) is 19.2 Å². The zero-order valence-electron chi connectivity index (χ0n) is 9.26. The fraction of sp³-hybridized carbons (Fsp3) is 0.900. The van der Waals surface area contributed by atoms with Gasteiger partial charge < -0.3 is 10.2 Å². The van der Waals surface area contributed by atoms with E-state index in [9.17, 15) is 4.79 Å². The lowest BCUT2D eigenvalue weighted by molar-refractivity contribution is -0.132. The molecule has 3 heteroatoms. The van der Waals surface area contributed by atoms with Crippen molar-refractivity contribution < 1.29 is 4.79 Å². The van der Waals surface area contributed by atoms with Crippen molar-refractivity contribution in [2.45, 2.75) is 39.7 Å². The summed E-state index contributed by atoms with van der Waals surface area (Å²) in [7, 11) is 1.91. The van der Waals surface area contributed by atoms with Gasteiger partial charge in [0.1, 0.15) is 0 Å². The van der Waals surface area contributed by atoms with Gasteiger partial charge in [0.15, 0.2) is 0 Å². The van der Waals surface area contributed by atoms with E-state index >= 15 is 0 Å². The Labute approximate surface area is 81.5 Å². The van der Waals surface area contributed by atoms with Crippen LogP contribution in [0.5, 0.6) is 0 Å². The number of hydrogen-bond donors (Lipinski definition) is 1. The highest BCUT2D eigenvalue weighted by Crippen LogP contribution is 2.02. The summed E-state index contributed by atoms with van der Waals surface area (Å²) in [5.41, 5.74) is 0. The Hall–Kier alpha value is -0.570. The van der Waals surface area contributed by atoms with Crippen molar-refractivity contribution in [3.63, 3.8) is 0 Å². The second kappa shape index (κ2) is 6.89. The van der Waals surface area contributed by atoms with Crippen molar-refractivity contribution in [2.75, 3.05) is 20.1 Å². The number of hydrogen-bond acceptors (Lipinski definition) is 2. The topological polar surface area (TPSA) is 32.3 Å². The Morgan fingerprint density at radius 3 is 2.46 bits per heavy atom. The van der Waals surface area contributed by atoms with Crippen LogP contribution in [0.25, 0.3) is 0 Å². The molecule has 1 N–H and O–H groups in total. The normalized spacial score (nSPS) is 10.5. The van der Waals surface area contributed by atoms with Gasteiger partial charge in [-0.15, -0.1) is 0 Å². The number of nitrogens with one attached hydrogen (secondary N) is 1. The van der Waals surface area contributed by atoms with Crippen molar-refractivity contribution in [1.82, 2.24) is 10.2 Å². The fourth-order valence-electron chi connectivity index (χ4n) is 1.26. The standard InChI is InChI=1S/C10H22N2O/c1-5-6-10(13)12(9(2)3)8-7-11-4/h9,11H,5-8H2,1-4H3. The molecular weight excluding hydrogens is 164 g/mol. The Morgan fingerprint density at radius 2 is 2.08 bits per heavy atom. The van der Waals surface area contributed by atoms with Gasteiger partial charge in [0, 0.05) is 25.6 Å². The van der Waals surface area contributed by atoms with Crippen LogP contribution in [0.1, 0.15) is 33.6 Å². The lowest BCUT2D eigenvalue weighted by Gasteiger charge is -2.26.